The summed E-state index contributed by atoms with van der Waals surface area (Å²) in [5.41, 5.74) is 4.10. The quantitative estimate of drug-likeness (QED) is 0.273. The molecule has 11 nitrogen and oxygen atoms in total. The van der Waals surface area contributed by atoms with Gasteiger partial charge in [-0.3, -0.25) is 19.3 Å². The molecular weight excluding hydrogens is 466 g/mol. The minimum absolute atomic E-state index is 0.0481. The number of thioether (sulfide) groups is 1. The number of nitrogens with two attached hydrogens (primary N) is 1. The molecule has 0 aromatic carbocycles. The number of carboxylic acids is 2. The summed E-state index contributed by atoms with van der Waals surface area (Å²) in [4.78, 5) is 49.3. The molecular formula is C17H19N5O6S3. The van der Waals surface area contributed by atoms with Crippen LogP contribution in [0.1, 0.15) is 29.3 Å². The highest BCUT2D eigenvalue weighted by Gasteiger charge is 2.64. The van der Waals surface area contributed by atoms with Gasteiger partial charge in [-0.2, -0.15) is 0 Å². The van der Waals surface area contributed by atoms with Gasteiger partial charge in [0.15, 0.2) is 5.54 Å². The van der Waals surface area contributed by atoms with Crippen molar-refractivity contribution < 1.29 is 29.4 Å². The van der Waals surface area contributed by atoms with Gasteiger partial charge < -0.3 is 21.3 Å². The maximum Gasteiger partial charge on any atom is 0.353 e. The molecule has 1 saturated heterocycles. The van der Waals surface area contributed by atoms with Crippen molar-refractivity contribution in [2.24, 2.45) is 5.73 Å². The second kappa shape index (κ2) is 8.98. The minimum atomic E-state index is -1.52. The van der Waals surface area contributed by atoms with Crippen molar-refractivity contribution in [1.29, 1.82) is 0 Å². The molecule has 1 aromatic rings. The van der Waals surface area contributed by atoms with Gasteiger partial charge >= 0.3 is 11.9 Å². The Morgan fingerprint density at radius 2 is 2.13 bits per heavy atom. The van der Waals surface area contributed by atoms with Gasteiger partial charge in [-0.05, 0) is 19.8 Å². The minimum Gasteiger partial charge on any atom is -0.480 e. The number of rotatable bonds is 9. The number of aromatic nitrogens is 2. The van der Waals surface area contributed by atoms with Crippen LogP contribution in [0.3, 0.4) is 0 Å². The molecule has 2 amide bonds. The number of β-lactam (4-membered cyclic amide) rings is 1. The van der Waals surface area contributed by atoms with Crippen LogP contribution >= 0.6 is 35.3 Å². The number of carbonyl (C=O) groups excluding carboxylic acids is 2. The Morgan fingerprint density at radius 3 is 2.68 bits per heavy atom. The largest absolute Gasteiger partial charge is 0.480 e. The Balaban J connectivity index is 1.78. The monoisotopic (exact) mass is 485 g/mol. The van der Waals surface area contributed by atoms with Crippen LogP contribution in [0, 0.1) is 6.92 Å². The second-order valence-electron chi connectivity index (χ2n) is 6.97. The van der Waals surface area contributed by atoms with Crippen LogP contribution in [0.15, 0.2) is 5.70 Å². The molecule has 0 aliphatic carbocycles. The molecule has 3 heterocycles. The summed E-state index contributed by atoms with van der Waals surface area (Å²) in [5, 5.41) is 30.6. The van der Waals surface area contributed by atoms with Crippen molar-refractivity contribution in [3.63, 3.8) is 0 Å². The van der Waals surface area contributed by atoms with E-state index in [1.165, 1.54) is 23.1 Å². The van der Waals surface area contributed by atoms with E-state index in [4.69, 9.17) is 23.1 Å². The zero-order valence-electron chi connectivity index (χ0n) is 16.2. The van der Waals surface area contributed by atoms with Gasteiger partial charge in [0.05, 0.1) is 0 Å². The third-order valence-electron chi connectivity index (χ3n) is 4.86. The molecule has 0 saturated carbocycles. The van der Waals surface area contributed by atoms with E-state index in [1.807, 2.05) is 0 Å². The fraction of sp³-hybridized carbons (Fsp3) is 0.471. The molecule has 3 rings (SSSR count). The Hall–Kier alpha value is -2.42. The fourth-order valence-corrected chi connectivity index (χ4v) is 5.96. The molecule has 31 heavy (non-hydrogen) atoms. The van der Waals surface area contributed by atoms with Crippen LogP contribution in [-0.4, -0.2) is 77.1 Å². The Bertz CT molecular complexity index is 995. The average molecular weight is 486 g/mol. The topological polar surface area (TPSA) is 176 Å². The highest BCUT2D eigenvalue weighted by atomic mass is 32.2. The molecule has 5 N–H and O–H groups in total. The number of nitrogens with zero attached hydrogens (tertiary/aromatic N) is 3. The third kappa shape index (κ3) is 4.20. The number of aryl methyl sites for hydroxylation is 1. The van der Waals surface area contributed by atoms with Crippen LogP contribution in [0.4, 0.5) is 0 Å². The number of carbonyl (C=O) groups is 4. The van der Waals surface area contributed by atoms with Crippen molar-refractivity contribution in [3.05, 3.63) is 15.7 Å². The molecule has 166 valence electrons. The molecule has 3 atom stereocenters. The van der Waals surface area contributed by atoms with Crippen LogP contribution in [-0.2, 0) is 19.2 Å². The molecule has 1 aromatic heterocycles. The smallest absolute Gasteiger partial charge is 0.353 e. The molecule has 2 unspecified atom stereocenters. The number of thiocarbonyl (C=S) groups is 1. The molecule has 14 heteroatoms. The summed E-state index contributed by atoms with van der Waals surface area (Å²) in [7, 11) is 0. The van der Waals surface area contributed by atoms with E-state index in [1.54, 1.807) is 6.92 Å². The number of fused-ring (bicyclic) bond motifs is 1. The number of amides is 2. The lowest BCUT2D eigenvalue weighted by atomic mass is 9.87. The summed E-state index contributed by atoms with van der Waals surface area (Å²) in [5.74, 6) is -3.34. The standard InChI is InChI=1S/C17H19N5O6S3/c1-7-20-21-12(31-7)8-5-30-16-17(6-29,15(28)22(16)11(8)14(26)27)19-10(23)4-2-3-9(18)13(24)25/h6,9,16H,2-5,18H2,1H3,(H,19,23)(H,24,25)(H,26,27)/t9?,16-,17?/m0/s1. The summed E-state index contributed by atoms with van der Waals surface area (Å²) < 4.78 is 0. The Labute approximate surface area is 190 Å². The highest BCUT2D eigenvalue weighted by molar-refractivity contribution is 8.00. The van der Waals surface area contributed by atoms with Crippen LogP contribution in [0.2, 0.25) is 0 Å². The fourth-order valence-electron chi connectivity index (χ4n) is 3.32. The van der Waals surface area contributed by atoms with E-state index < -0.39 is 40.7 Å². The van der Waals surface area contributed by atoms with Crippen LogP contribution in [0.25, 0.3) is 5.57 Å². The zero-order valence-corrected chi connectivity index (χ0v) is 18.7. The van der Waals surface area contributed by atoms with Gasteiger partial charge in [-0.1, -0.05) is 23.6 Å². The van der Waals surface area contributed by atoms with Gasteiger partial charge in [-0.25, -0.2) is 4.79 Å². The van der Waals surface area contributed by atoms with Crippen molar-refractivity contribution in [2.75, 3.05) is 5.75 Å². The van der Waals surface area contributed by atoms with Gasteiger partial charge in [0.1, 0.15) is 27.1 Å². The van der Waals surface area contributed by atoms with E-state index >= 15 is 0 Å². The van der Waals surface area contributed by atoms with Crippen molar-refractivity contribution in [1.82, 2.24) is 20.4 Å². The van der Waals surface area contributed by atoms with Crippen molar-refractivity contribution in [2.45, 2.75) is 43.1 Å². The normalized spacial score (nSPS) is 23.6. The van der Waals surface area contributed by atoms with Gasteiger partial charge in [-0.15, -0.1) is 22.0 Å². The first-order chi connectivity index (χ1) is 14.6. The van der Waals surface area contributed by atoms with Gasteiger partial charge in [0, 0.05) is 23.1 Å². The summed E-state index contributed by atoms with van der Waals surface area (Å²) in [6.45, 7) is 1.74. The SMILES string of the molecule is Cc1nnc(C2=C(C(=O)O)N3C(=O)C(C=S)(NC(=O)CCCC(N)C(=O)O)[C@@H]3SC2)s1. The number of hydrogen-bond donors (Lipinski definition) is 4. The lowest BCUT2D eigenvalue weighted by Crippen LogP contribution is -2.80. The first kappa shape index (κ1) is 23.2. The summed E-state index contributed by atoms with van der Waals surface area (Å²) >= 11 is 7.54. The van der Waals surface area contributed by atoms with E-state index in [2.05, 4.69) is 15.5 Å². The van der Waals surface area contributed by atoms with Crippen molar-refractivity contribution in [3.8, 4) is 0 Å². The Morgan fingerprint density at radius 1 is 1.42 bits per heavy atom. The number of hydrogen-bond acceptors (Lipinski definition) is 10. The predicted octanol–water partition coefficient (Wildman–Crippen LogP) is -0.00578. The maximum atomic E-state index is 13.0. The predicted molar refractivity (Wildman–Crippen MR) is 116 cm³/mol. The molecule has 1 fully saturated rings. The van der Waals surface area contributed by atoms with Crippen LogP contribution in [0.5, 0.6) is 0 Å². The molecule has 2 aliphatic heterocycles. The van der Waals surface area contributed by atoms with E-state index in [0.717, 1.165) is 10.3 Å². The third-order valence-corrected chi connectivity index (χ3v) is 7.49. The lowest BCUT2D eigenvalue weighted by Gasteiger charge is -2.55. The van der Waals surface area contributed by atoms with E-state index in [9.17, 15) is 24.3 Å². The molecule has 0 spiro atoms. The number of carboxylic acid groups (broad SMARTS) is 2. The first-order valence-corrected chi connectivity index (χ1v) is 11.4. The number of nitrogens with one attached hydrogen (secondary N) is 1. The average Bonchev–Trinajstić information content (AvgIpc) is 3.16. The lowest BCUT2D eigenvalue weighted by molar-refractivity contribution is -0.153. The van der Waals surface area contributed by atoms with E-state index in [-0.39, 0.29) is 30.7 Å². The zero-order chi connectivity index (χ0) is 22.9. The Kier molecular flexibility index (Phi) is 6.73. The second-order valence-corrected chi connectivity index (χ2v) is 9.45. The molecule has 0 bridgehead atoms. The van der Waals surface area contributed by atoms with E-state index in [0.29, 0.717) is 15.6 Å². The van der Waals surface area contributed by atoms with Crippen LogP contribution < -0.4 is 11.1 Å². The number of aliphatic carboxylic acids is 2. The molecule has 2 aliphatic rings. The molecule has 0 radical (unpaired) electrons. The first-order valence-electron chi connectivity index (χ1n) is 9.10. The maximum absolute atomic E-state index is 13.0. The summed E-state index contributed by atoms with van der Waals surface area (Å²) in [6, 6.07) is -1.08. The summed E-state index contributed by atoms with van der Waals surface area (Å²) in [6.07, 6.45) is 0.263. The van der Waals surface area contributed by atoms with Gasteiger partial charge in [0.2, 0.25) is 5.91 Å². The van der Waals surface area contributed by atoms with Crippen molar-refractivity contribution >= 4 is 70.0 Å². The highest BCUT2D eigenvalue weighted by Crippen LogP contribution is 2.48. The van der Waals surface area contributed by atoms with Gasteiger partial charge in [0.25, 0.3) is 5.91 Å².